The van der Waals surface area contributed by atoms with E-state index in [1.54, 1.807) is 48.7 Å². The number of hydrogen-bond donors (Lipinski definition) is 3. The third-order valence-electron chi connectivity index (χ3n) is 6.12. The number of hydrogen-bond acceptors (Lipinski definition) is 6. The molecule has 4 aromatic rings. The molecule has 0 spiro atoms. The maximum atomic E-state index is 13.7. The van der Waals surface area contributed by atoms with Gasteiger partial charge < -0.3 is 9.88 Å². The van der Waals surface area contributed by atoms with E-state index < -0.39 is 10.0 Å². The summed E-state index contributed by atoms with van der Waals surface area (Å²) in [5.41, 5.74) is 3.29. The quantitative estimate of drug-likeness (QED) is 0.231. The van der Waals surface area contributed by atoms with Crippen molar-refractivity contribution >= 4 is 27.8 Å². The van der Waals surface area contributed by atoms with E-state index in [0.29, 0.717) is 34.4 Å². The molecule has 0 unspecified atom stereocenters. The van der Waals surface area contributed by atoms with Crippen molar-refractivity contribution in [2.45, 2.75) is 18.9 Å². The summed E-state index contributed by atoms with van der Waals surface area (Å²) >= 11 is 0. The lowest BCUT2D eigenvalue weighted by Gasteiger charge is -2.26. The fraction of sp³-hybridized carbons (Fsp3) is 0.185. The average Bonchev–Trinajstić information content (AvgIpc) is 3.57. The van der Waals surface area contributed by atoms with Crippen molar-refractivity contribution in [1.29, 1.82) is 5.41 Å². The monoisotopic (exact) mass is 531 g/mol. The Morgan fingerprint density at radius 3 is 2.63 bits per heavy atom. The summed E-state index contributed by atoms with van der Waals surface area (Å²) in [6.07, 6.45) is 7.96. The van der Waals surface area contributed by atoms with Crippen molar-refractivity contribution in [2.24, 2.45) is 0 Å². The van der Waals surface area contributed by atoms with E-state index in [2.05, 4.69) is 24.7 Å². The number of anilines is 1. The second-order valence-electron chi connectivity index (χ2n) is 9.00. The van der Waals surface area contributed by atoms with Gasteiger partial charge in [-0.2, -0.15) is 0 Å². The zero-order valence-electron chi connectivity index (χ0n) is 20.6. The summed E-state index contributed by atoms with van der Waals surface area (Å²) in [6.45, 7) is 0.736. The van der Waals surface area contributed by atoms with E-state index in [1.165, 1.54) is 12.1 Å². The molecule has 1 aromatic carbocycles. The van der Waals surface area contributed by atoms with Crippen LogP contribution in [0.5, 0.6) is 0 Å². The molecule has 0 aliphatic carbocycles. The van der Waals surface area contributed by atoms with Gasteiger partial charge in [-0.1, -0.05) is 24.3 Å². The Labute approximate surface area is 220 Å². The SMILES string of the molecule is CS(=O)(=O)Nc1cccc(-c2cccc(-c3cnc(/C=C\C(=N)N4CCC[C@@H]4c4cccc(F)c4)[nH]3)n2)n1. The van der Waals surface area contributed by atoms with Gasteiger partial charge in [-0.3, -0.25) is 10.1 Å². The van der Waals surface area contributed by atoms with E-state index in [0.717, 1.165) is 31.2 Å². The second kappa shape index (κ2) is 10.5. The van der Waals surface area contributed by atoms with Crippen LogP contribution < -0.4 is 4.72 Å². The summed E-state index contributed by atoms with van der Waals surface area (Å²) in [7, 11) is -3.45. The Morgan fingerprint density at radius 1 is 1.11 bits per heavy atom. The van der Waals surface area contributed by atoms with Gasteiger partial charge in [0.1, 0.15) is 23.3 Å². The zero-order chi connectivity index (χ0) is 26.7. The summed E-state index contributed by atoms with van der Waals surface area (Å²) in [5.74, 6) is 0.844. The van der Waals surface area contributed by atoms with E-state index in [1.807, 2.05) is 23.1 Å². The minimum absolute atomic E-state index is 0.0262. The fourth-order valence-corrected chi connectivity index (χ4v) is 4.97. The number of pyridine rings is 2. The van der Waals surface area contributed by atoms with E-state index in [9.17, 15) is 12.8 Å². The van der Waals surface area contributed by atoms with Crippen molar-refractivity contribution in [1.82, 2.24) is 24.8 Å². The van der Waals surface area contributed by atoms with Crippen molar-refractivity contribution in [3.8, 4) is 22.8 Å². The Kier molecular flexibility index (Phi) is 7.01. The molecule has 0 saturated carbocycles. The van der Waals surface area contributed by atoms with E-state index in [4.69, 9.17) is 5.41 Å². The molecular weight excluding hydrogens is 505 g/mol. The van der Waals surface area contributed by atoms with Crippen LogP contribution in [0.4, 0.5) is 10.2 Å². The molecule has 0 radical (unpaired) electrons. The molecule has 0 amide bonds. The minimum Gasteiger partial charge on any atom is -0.350 e. The number of aromatic amines is 1. The van der Waals surface area contributed by atoms with Gasteiger partial charge >= 0.3 is 0 Å². The molecule has 5 rings (SSSR count). The van der Waals surface area contributed by atoms with Gasteiger partial charge in [0.05, 0.1) is 41.3 Å². The van der Waals surface area contributed by atoms with Crippen LogP contribution in [0.1, 0.15) is 30.3 Å². The molecule has 1 fully saturated rings. The predicted octanol–water partition coefficient (Wildman–Crippen LogP) is 4.87. The first kappa shape index (κ1) is 25.3. The molecule has 3 N–H and O–H groups in total. The first-order valence-corrected chi connectivity index (χ1v) is 13.9. The number of likely N-dealkylation sites (tertiary alicyclic amines) is 1. The van der Waals surface area contributed by atoms with Crippen LogP contribution in [0, 0.1) is 11.2 Å². The molecule has 11 heteroatoms. The maximum Gasteiger partial charge on any atom is 0.230 e. The van der Waals surface area contributed by atoms with E-state index >= 15 is 0 Å². The van der Waals surface area contributed by atoms with Gasteiger partial charge in [0.2, 0.25) is 10.0 Å². The Balaban J connectivity index is 1.31. The molecule has 3 aromatic heterocycles. The Bertz CT molecular complexity index is 1620. The molecular formula is C27H26FN7O2S. The van der Waals surface area contributed by atoms with Crippen LogP contribution in [0.25, 0.3) is 28.9 Å². The first-order valence-electron chi connectivity index (χ1n) is 12.0. The number of sulfonamides is 1. The number of halogens is 1. The minimum atomic E-state index is -3.45. The van der Waals surface area contributed by atoms with Crippen LogP contribution in [0.15, 0.2) is 72.9 Å². The summed E-state index contributed by atoms with van der Waals surface area (Å²) in [6, 6.07) is 17.0. The highest BCUT2D eigenvalue weighted by Gasteiger charge is 2.27. The van der Waals surface area contributed by atoms with Crippen molar-refractivity contribution in [3.63, 3.8) is 0 Å². The van der Waals surface area contributed by atoms with Gasteiger partial charge in [-0.25, -0.2) is 27.8 Å². The normalized spacial score (nSPS) is 15.7. The highest BCUT2D eigenvalue weighted by atomic mass is 32.2. The van der Waals surface area contributed by atoms with Crippen LogP contribution in [-0.2, 0) is 10.0 Å². The molecule has 4 heterocycles. The van der Waals surface area contributed by atoms with Crippen LogP contribution in [0.3, 0.4) is 0 Å². The number of imidazole rings is 1. The van der Waals surface area contributed by atoms with Gasteiger partial charge in [0.15, 0.2) is 0 Å². The lowest BCUT2D eigenvalue weighted by molar-refractivity contribution is 0.399. The van der Waals surface area contributed by atoms with Gasteiger partial charge in [-0.15, -0.1) is 0 Å². The van der Waals surface area contributed by atoms with Crippen molar-refractivity contribution < 1.29 is 12.8 Å². The molecule has 38 heavy (non-hydrogen) atoms. The lowest BCUT2D eigenvalue weighted by Crippen LogP contribution is -2.28. The van der Waals surface area contributed by atoms with E-state index in [-0.39, 0.29) is 17.7 Å². The standard InChI is InChI=1S/C27H26FN7O2S/c1-38(36,37)34-27-12-4-10-21(32-27)20-8-3-9-22(31-20)23-17-30-26(33-23)14-13-25(29)35-15-5-11-24(35)18-6-2-7-19(28)16-18/h2-4,6-10,12-14,16-17,24,29H,5,11,15H2,1H3,(H,30,33)(H,32,34)/b14-13-,29-25?/t24-/m1/s1. The number of rotatable bonds is 7. The van der Waals surface area contributed by atoms with Crippen LogP contribution in [-0.4, -0.2) is 51.9 Å². The number of nitrogens with zero attached hydrogens (tertiary/aromatic N) is 4. The largest absolute Gasteiger partial charge is 0.350 e. The zero-order valence-corrected chi connectivity index (χ0v) is 21.4. The molecule has 9 nitrogen and oxygen atoms in total. The smallest absolute Gasteiger partial charge is 0.230 e. The summed E-state index contributed by atoms with van der Waals surface area (Å²) in [4.78, 5) is 18.6. The lowest BCUT2D eigenvalue weighted by atomic mass is 10.0. The molecule has 1 aliphatic heterocycles. The molecule has 1 saturated heterocycles. The van der Waals surface area contributed by atoms with Crippen LogP contribution in [0.2, 0.25) is 0 Å². The number of aromatic nitrogens is 4. The highest BCUT2D eigenvalue weighted by Crippen LogP contribution is 2.32. The maximum absolute atomic E-state index is 13.7. The highest BCUT2D eigenvalue weighted by molar-refractivity contribution is 7.92. The number of H-pyrrole nitrogens is 1. The molecule has 0 bridgehead atoms. The first-order chi connectivity index (χ1) is 18.2. The molecule has 1 atom stereocenters. The predicted molar refractivity (Wildman–Crippen MR) is 145 cm³/mol. The summed E-state index contributed by atoms with van der Waals surface area (Å²) in [5, 5.41) is 8.58. The average molecular weight is 532 g/mol. The molecule has 1 aliphatic rings. The molecule has 194 valence electrons. The van der Waals surface area contributed by atoms with Crippen molar-refractivity contribution in [3.05, 3.63) is 90.1 Å². The van der Waals surface area contributed by atoms with Gasteiger partial charge in [0, 0.05) is 6.54 Å². The van der Waals surface area contributed by atoms with Crippen molar-refractivity contribution in [2.75, 3.05) is 17.5 Å². The second-order valence-corrected chi connectivity index (χ2v) is 10.7. The number of benzene rings is 1. The Hall–Kier alpha value is -4.38. The van der Waals surface area contributed by atoms with Crippen LogP contribution >= 0.6 is 0 Å². The third-order valence-corrected chi connectivity index (χ3v) is 6.70. The summed E-state index contributed by atoms with van der Waals surface area (Å²) < 4.78 is 39.2. The van der Waals surface area contributed by atoms with Gasteiger partial charge in [0.25, 0.3) is 0 Å². The number of nitrogens with one attached hydrogen (secondary N) is 3. The third kappa shape index (κ3) is 5.94. The Morgan fingerprint density at radius 2 is 1.84 bits per heavy atom. The van der Waals surface area contributed by atoms with Gasteiger partial charge in [-0.05, 0) is 67.0 Å². The number of amidine groups is 1. The topological polar surface area (TPSA) is 128 Å². The fourth-order valence-electron chi connectivity index (χ4n) is 4.47.